The molecule has 0 spiro atoms. The maximum absolute atomic E-state index is 10.2. The molecule has 0 amide bonds. The fourth-order valence-electron chi connectivity index (χ4n) is 5.19. The minimum absolute atomic E-state index is 0.218. The van der Waals surface area contributed by atoms with E-state index in [1.807, 2.05) is 47.0 Å². The number of benzene rings is 2. The first-order valence-electron chi connectivity index (χ1n) is 14.0. The van der Waals surface area contributed by atoms with Crippen LogP contribution in [0.1, 0.15) is 5.56 Å². The summed E-state index contributed by atoms with van der Waals surface area (Å²) < 4.78 is 25.8. The van der Waals surface area contributed by atoms with Crippen LogP contribution in [0, 0.1) is 11.3 Å². The summed E-state index contributed by atoms with van der Waals surface area (Å²) in [6, 6.07) is 20.8. The molecule has 218 valence electrons. The minimum Gasteiger partial charge on any atom is -0.456 e. The van der Waals surface area contributed by atoms with Crippen LogP contribution in [-0.4, -0.2) is 72.0 Å². The average Bonchev–Trinajstić information content (AvgIpc) is 3.65. The molecule has 6 rings (SSSR count). The van der Waals surface area contributed by atoms with Gasteiger partial charge >= 0.3 is 6.01 Å². The molecule has 0 saturated carbocycles. The Bertz CT molecular complexity index is 1610. The van der Waals surface area contributed by atoms with Crippen LogP contribution in [-0.2, 0) is 20.9 Å². The maximum Gasteiger partial charge on any atom is 0.301 e. The Balaban J connectivity index is 1.29. The second-order valence-corrected chi connectivity index (χ2v) is 17.9. The fourth-order valence-corrected chi connectivity index (χ4v) is 6.21. The van der Waals surface area contributed by atoms with E-state index in [9.17, 15) is 5.11 Å². The lowest BCUT2D eigenvalue weighted by atomic mass is 10.0. The number of imidazole rings is 1. The summed E-state index contributed by atoms with van der Waals surface area (Å²) in [7, 11) is -1.27. The number of hydrogen-bond donors (Lipinski definition) is 1. The first kappa shape index (κ1) is 28.8. The Morgan fingerprint density at radius 3 is 2.36 bits per heavy atom. The van der Waals surface area contributed by atoms with Crippen LogP contribution in [0.15, 0.2) is 54.6 Å². The lowest BCUT2D eigenvalue weighted by Crippen LogP contribution is -2.35. The highest BCUT2D eigenvalue weighted by atomic mass is 35.5. The third-order valence-electron chi connectivity index (χ3n) is 7.62. The van der Waals surface area contributed by atoms with Crippen LogP contribution in [0.2, 0.25) is 30.7 Å². The molecule has 2 aromatic carbocycles. The number of nitriles is 1. The molecule has 2 aliphatic rings. The Kier molecular flexibility index (Phi) is 8.07. The third-order valence-corrected chi connectivity index (χ3v) is 9.61. The molecular weight excluding hydrogens is 572 g/mol. The molecule has 0 unspecified atom stereocenters. The van der Waals surface area contributed by atoms with Gasteiger partial charge in [0.25, 0.3) is 0 Å². The molecule has 0 aliphatic carbocycles. The largest absolute Gasteiger partial charge is 0.456 e. The molecule has 4 heterocycles. The van der Waals surface area contributed by atoms with Gasteiger partial charge in [0.1, 0.15) is 25.0 Å². The number of pyridine rings is 1. The van der Waals surface area contributed by atoms with Gasteiger partial charge in [0, 0.05) is 20.2 Å². The molecule has 4 atom stereocenters. The van der Waals surface area contributed by atoms with E-state index in [1.165, 1.54) is 0 Å². The van der Waals surface area contributed by atoms with E-state index >= 15 is 0 Å². The van der Waals surface area contributed by atoms with Crippen molar-refractivity contribution in [3.8, 4) is 34.5 Å². The molecule has 0 bridgehead atoms. The molecule has 4 aromatic rings. The average molecular weight is 605 g/mol. The van der Waals surface area contributed by atoms with Crippen molar-refractivity contribution < 1.29 is 24.1 Å². The fraction of sp³-hybridized carbons (Fsp3) is 0.387. The molecular formula is C31H33ClN4O5Si. The molecule has 2 aromatic heterocycles. The maximum atomic E-state index is 10.2. The lowest BCUT2D eigenvalue weighted by Gasteiger charge is -2.19. The summed E-state index contributed by atoms with van der Waals surface area (Å²) in [6.45, 7) is 8.31. The van der Waals surface area contributed by atoms with Crippen LogP contribution < -0.4 is 4.74 Å². The summed E-state index contributed by atoms with van der Waals surface area (Å²) >= 11 is 6.81. The molecule has 1 N–H and O–H groups in total. The first-order chi connectivity index (χ1) is 20.2. The van der Waals surface area contributed by atoms with Gasteiger partial charge in [-0.15, -0.1) is 0 Å². The smallest absolute Gasteiger partial charge is 0.301 e. The van der Waals surface area contributed by atoms with Gasteiger partial charge in [0.05, 0.1) is 41.1 Å². The number of hydrogen-bond acceptors (Lipinski definition) is 8. The van der Waals surface area contributed by atoms with E-state index in [4.69, 9.17) is 45.8 Å². The van der Waals surface area contributed by atoms with Crippen LogP contribution in [0.3, 0.4) is 0 Å². The monoisotopic (exact) mass is 604 g/mol. The predicted octanol–water partition coefficient (Wildman–Crippen LogP) is 5.51. The summed E-state index contributed by atoms with van der Waals surface area (Å²) in [5, 5.41) is 19.7. The number of aliphatic hydroxyl groups excluding tert-OH is 1. The first-order valence-corrected chi connectivity index (χ1v) is 18.1. The molecule has 9 nitrogen and oxygen atoms in total. The van der Waals surface area contributed by atoms with E-state index in [-0.39, 0.29) is 26.0 Å². The second-order valence-electron chi connectivity index (χ2n) is 11.9. The molecule has 2 saturated heterocycles. The normalized spacial score (nSPS) is 21.9. The highest BCUT2D eigenvalue weighted by Crippen LogP contribution is 2.35. The van der Waals surface area contributed by atoms with Crippen molar-refractivity contribution >= 4 is 30.8 Å². The van der Waals surface area contributed by atoms with Gasteiger partial charge in [-0.25, -0.2) is 4.98 Å². The molecule has 0 radical (unpaired) electrons. The Morgan fingerprint density at radius 1 is 1.00 bits per heavy atom. The van der Waals surface area contributed by atoms with Crippen molar-refractivity contribution in [2.45, 2.75) is 56.8 Å². The van der Waals surface area contributed by atoms with E-state index in [0.717, 1.165) is 22.7 Å². The zero-order chi connectivity index (χ0) is 29.4. The predicted molar refractivity (Wildman–Crippen MR) is 162 cm³/mol. The van der Waals surface area contributed by atoms with Crippen LogP contribution in [0.5, 0.6) is 6.01 Å². The minimum atomic E-state index is -1.27. The van der Waals surface area contributed by atoms with E-state index in [0.29, 0.717) is 40.1 Å². The zero-order valence-electron chi connectivity index (χ0n) is 23.8. The SMILES string of the molecule is C[Si](C)(C)CCOCn1c(O[C@@H]2CO[C@H]3[C@@H]2OC[C@H]3O)nc2nc(-c3ccc(-c4ccc(C#N)cc4)cc3)c(Cl)cc21. The van der Waals surface area contributed by atoms with E-state index < -0.39 is 26.4 Å². The van der Waals surface area contributed by atoms with Crippen molar-refractivity contribution in [2.24, 2.45) is 0 Å². The van der Waals surface area contributed by atoms with Crippen molar-refractivity contribution in [3.63, 3.8) is 0 Å². The Hall–Kier alpha value is -3.30. The zero-order valence-corrected chi connectivity index (χ0v) is 25.5. The highest BCUT2D eigenvalue weighted by Gasteiger charge is 2.49. The Labute approximate surface area is 250 Å². The summed E-state index contributed by atoms with van der Waals surface area (Å²) in [4.78, 5) is 9.59. The van der Waals surface area contributed by atoms with Gasteiger partial charge in [-0.2, -0.15) is 10.2 Å². The van der Waals surface area contributed by atoms with Crippen molar-refractivity contribution in [1.82, 2.24) is 14.5 Å². The lowest BCUT2D eigenvalue weighted by molar-refractivity contribution is 0.00339. The highest BCUT2D eigenvalue weighted by molar-refractivity contribution is 6.76. The van der Waals surface area contributed by atoms with Gasteiger partial charge in [-0.05, 0) is 35.4 Å². The van der Waals surface area contributed by atoms with Crippen LogP contribution >= 0.6 is 11.6 Å². The number of fused-ring (bicyclic) bond motifs is 2. The number of ether oxygens (including phenoxy) is 4. The summed E-state index contributed by atoms with van der Waals surface area (Å²) in [6.07, 6.45) is -1.87. The molecule has 2 fully saturated rings. The molecule has 42 heavy (non-hydrogen) atoms. The quantitative estimate of drug-likeness (QED) is 0.197. The Morgan fingerprint density at radius 2 is 1.67 bits per heavy atom. The van der Waals surface area contributed by atoms with Gasteiger partial charge in [-0.1, -0.05) is 67.6 Å². The molecule has 2 aliphatic heterocycles. The number of aliphatic hydroxyl groups is 1. The van der Waals surface area contributed by atoms with Gasteiger partial charge < -0.3 is 24.1 Å². The van der Waals surface area contributed by atoms with Crippen LogP contribution in [0.25, 0.3) is 33.5 Å². The van der Waals surface area contributed by atoms with Crippen LogP contribution in [0.4, 0.5) is 0 Å². The molecule has 11 heteroatoms. The van der Waals surface area contributed by atoms with Crippen molar-refractivity contribution in [3.05, 3.63) is 65.2 Å². The summed E-state index contributed by atoms with van der Waals surface area (Å²) in [5.74, 6) is 0. The van der Waals surface area contributed by atoms with Gasteiger partial charge in [0.2, 0.25) is 0 Å². The third kappa shape index (κ3) is 5.94. The van der Waals surface area contributed by atoms with Gasteiger partial charge in [-0.3, -0.25) is 4.57 Å². The standard InChI is InChI=1S/C31H33ClN4O5Si/c1-42(2,3)13-12-38-18-36-24-14-23(32)27(22-10-8-21(9-11-22)20-6-4-19(15-33)5-7-20)34-30(24)35-31(36)41-26-17-40-28-25(37)16-39-29(26)28/h4-11,14,25-26,28-29,37H,12-13,16-18H2,1-3H3/t25-,26-,28-,29-/m1/s1. The number of aromatic nitrogens is 3. The number of nitrogens with zero attached hydrogens (tertiary/aromatic N) is 4. The summed E-state index contributed by atoms with van der Waals surface area (Å²) in [5.41, 5.74) is 5.30. The van der Waals surface area contributed by atoms with Gasteiger partial charge in [0.15, 0.2) is 11.8 Å². The number of halogens is 1. The topological polar surface area (TPSA) is 112 Å². The van der Waals surface area contributed by atoms with E-state index in [1.54, 1.807) is 12.1 Å². The van der Waals surface area contributed by atoms with E-state index in [2.05, 4.69) is 25.7 Å². The van der Waals surface area contributed by atoms with Crippen molar-refractivity contribution in [1.29, 1.82) is 5.26 Å². The van der Waals surface area contributed by atoms with Crippen molar-refractivity contribution in [2.75, 3.05) is 19.8 Å². The second kappa shape index (κ2) is 11.8. The number of rotatable bonds is 9.